The van der Waals surface area contributed by atoms with Gasteiger partial charge >= 0.3 is 12.3 Å². The van der Waals surface area contributed by atoms with Gasteiger partial charge in [-0.05, 0) is 63.2 Å². The molecule has 1 atom stereocenters. The highest BCUT2D eigenvalue weighted by molar-refractivity contribution is 7.89. The molecule has 33 heavy (non-hydrogen) atoms. The van der Waals surface area contributed by atoms with Crippen molar-refractivity contribution in [3.05, 3.63) is 54.1 Å². The van der Waals surface area contributed by atoms with Crippen molar-refractivity contribution < 1.29 is 40.7 Å². The summed E-state index contributed by atoms with van der Waals surface area (Å²) >= 11 is 0. The number of esters is 1. The van der Waals surface area contributed by atoms with E-state index in [4.69, 9.17) is 4.74 Å². The van der Waals surface area contributed by atoms with Crippen LogP contribution in [0.25, 0.3) is 0 Å². The summed E-state index contributed by atoms with van der Waals surface area (Å²) in [6.07, 6.45) is -6.11. The van der Waals surface area contributed by atoms with E-state index in [1.165, 1.54) is 44.3 Å². The summed E-state index contributed by atoms with van der Waals surface area (Å²) in [5, 5.41) is 2.40. The lowest BCUT2D eigenvalue weighted by Gasteiger charge is -2.21. The fourth-order valence-corrected chi connectivity index (χ4v) is 3.91. The van der Waals surface area contributed by atoms with Gasteiger partial charge in [0.1, 0.15) is 5.75 Å². The van der Waals surface area contributed by atoms with Crippen LogP contribution >= 0.6 is 0 Å². The van der Waals surface area contributed by atoms with E-state index >= 15 is 0 Å². The van der Waals surface area contributed by atoms with Crippen LogP contribution in [-0.2, 0) is 19.6 Å². The van der Waals surface area contributed by atoms with Crippen molar-refractivity contribution in [2.45, 2.75) is 44.2 Å². The molecular formula is C21H23F3N2O6S. The second kappa shape index (κ2) is 10.2. The quantitative estimate of drug-likeness (QED) is 0.567. The molecular weight excluding hydrogens is 465 g/mol. The van der Waals surface area contributed by atoms with E-state index in [9.17, 15) is 31.2 Å². The fourth-order valence-electron chi connectivity index (χ4n) is 2.49. The number of hydrogen-bond acceptors (Lipinski definition) is 6. The molecule has 1 unspecified atom stereocenters. The van der Waals surface area contributed by atoms with Crippen molar-refractivity contribution in [3.63, 3.8) is 0 Å². The zero-order chi connectivity index (χ0) is 25.0. The Morgan fingerprint density at radius 2 is 1.64 bits per heavy atom. The molecule has 2 rings (SSSR count). The van der Waals surface area contributed by atoms with E-state index in [1.54, 1.807) is 13.8 Å². The number of sulfonamides is 1. The number of amides is 1. The lowest BCUT2D eigenvalue weighted by molar-refractivity contribution is -0.274. The van der Waals surface area contributed by atoms with Gasteiger partial charge in [0.25, 0.3) is 5.91 Å². The van der Waals surface area contributed by atoms with Gasteiger partial charge in [-0.25, -0.2) is 13.2 Å². The van der Waals surface area contributed by atoms with Crippen LogP contribution in [0.3, 0.4) is 0 Å². The maximum atomic E-state index is 12.6. The number of alkyl halides is 3. The van der Waals surface area contributed by atoms with Gasteiger partial charge in [-0.3, -0.25) is 4.79 Å². The molecule has 0 aliphatic rings. The van der Waals surface area contributed by atoms with Crippen molar-refractivity contribution in [2.24, 2.45) is 0 Å². The summed E-state index contributed by atoms with van der Waals surface area (Å²) in [4.78, 5) is 24.6. The van der Waals surface area contributed by atoms with Crippen LogP contribution in [0.5, 0.6) is 5.75 Å². The smallest absolute Gasteiger partial charge is 0.449 e. The molecule has 0 aliphatic heterocycles. The van der Waals surface area contributed by atoms with Crippen LogP contribution in [0.15, 0.2) is 53.4 Å². The molecule has 2 aromatic rings. The first-order valence-corrected chi connectivity index (χ1v) is 11.1. The second-order valence-corrected chi connectivity index (χ2v) is 9.25. The molecule has 0 radical (unpaired) electrons. The Labute approximate surface area is 189 Å². The monoisotopic (exact) mass is 488 g/mol. The number of nitrogens with one attached hydrogen (secondary N) is 1. The summed E-state index contributed by atoms with van der Waals surface area (Å²) in [6, 6.07) is 9.32. The lowest BCUT2D eigenvalue weighted by Crippen LogP contribution is -2.33. The minimum atomic E-state index is -4.84. The van der Waals surface area contributed by atoms with Gasteiger partial charge in [-0.1, -0.05) is 6.07 Å². The topological polar surface area (TPSA) is 102 Å². The van der Waals surface area contributed by atoms with E-state index in [2.05, 4.69) is 10.1 Å². The van der Waals surface area contributed by atoms with Gasteiger partial charge in [0.05, 0.1) is 10.5 Å². The maximum absolute atomic E-state index is 12.6. The molecule has 0 fully saturated rings. The van der Waals surface area contributed by atoms with Gasteiger partial charge in [0.2, 0.25) is 10.0 Å². The Bertz CT molecular complexity index is 1100. The van der Waals surface area contributed by atoms with Gasteiger partial charge in [0, 0.05) is 18.8 Å². The normalized spacial score (nSPS) is 13.0. The van der Waals surface area contributed by atoms with Crippen LogP contribution < -0.4 is 10.1 Å². The molecule has 0 saturated heterocycles. The molecule has 0 heterocycles. The molecule has 12 heteroatoms. The highest BCUT2D eigenvalue weighted by atomic mass is 32.2. The number of halogens is 3. The summed E-state index contributed by atoms with van der Waals surface area (Å²) in [5.41, 5.74) is 0.0868. The Morgan fingerprint density at radius 3 is 2.18 bits per heavy atom. The largest absolute Gasteiger partial charge is 0.573 e. The van der Waals surface area contributed by atoms with Crippen LogP contribution in [0.4, 0.5) is 18.9 Å². The van der Waals surface area contributed by atoms with E-state index in [0.717, 1.165) is 22.5 Å². The van der Waals surface area contributed by atoms with E-state index < -0.39 is 40.1 Å². The third-order valence-corrected chi connectivity index (χ3v) is 6.51. The van der Waals surface area contributed by atoms with Crippen LogP contribution in [0, 0.1) is 0 Å². The molecule has 8 nitrogen and oxygen atoms in total. The minimum absolute atomic E-state index is 0.0680. The predicted molar refractivity (Wildman–Crippen MR) is 113 cm³/mol. The second-order valence-electron chi connectivity index (χ2n) is 7.25. The standard InChI is InChI=1S/C21H23F3N2O6S/c1-13(2)26(4)33(29,30)18-7-5-6-15(12-18)20(28)31-14(3)19(27)25-16-8-10-17(11-9-16)32-21(22,23)24/h5-14H,1-4H3,(H,25,27). The average molecular weight is 488 g/mol. The number of carbonyl (C=O) groups excluding carboxylic acids is 2. The van der Waals surface area contributed by atoms with E-state index in [0.29, 0.717) is 0 Å². The van der Waals surface area contributed by atoms with Crippen LogP contribution in [0.1, 0.15) is 31.1 Å². The summed E-state index contributed by atoms with van der Waals surface area (Å²) in [7, 11) is -2.41. The van der Waals surface area contributed by atoms with Gasteiger partial charge in [0.15, 0.2) is 6.10 Å². The van der Waals surface area contributed by atoms with Gasteiger partial charge in [-0.15, -0.1) is 13.2 Å². The van der Waals surface area contributed by atoms with Gasteiger partial charge in [-0.2, -0.15) is 4.31 Å². The summed E-state index contributed by atoms with van der Waals surface area (Å²) in [6.45, 7) is 4.70. The lowest BCUT2D eigenvalue weighted by atomic mass is 10.2. The molecule has 180 valence electrons. The van der Waals surface area contributed by atoms with Crippen molar-refractivity contribution in [1.29, 1.82) is 0 Å². The molecule has 0 bridgehead atoms. The zero-order valence-corrected chi connectivity index (χ0v) is 19.0. The number of ether oxygens (including phenoxy) is 2. The van der Waals surface area contributed by atoms with Crippen molar-refractivity contribution in [1.82, 2.24) is 4.31 Å². The average Bonchev–Trinajstić information content (AvgIpc) is 2.73. The Kier molecular flexibility index (Phi) is 8.09. The number of benzene rings is 2. The third-order valence-electron chi connectivity index (χ3n) is 4.48. The SMILES string of the molecule is CC(OC(=O)c1cccc(S(=O)(=O)N(C)C(C)C)c1)C(=O)Nc1ccc(OC(F)(F)F)cc1. The maximum Gasteiger partial charge on any atom is 0.573 e. The third kappa shape index (κ3) is 7.19. The molecule has 0 spiro atoms. The number of carbonyl (C=O) groups is 2. The number of anilines is 1. The zero-order valence-electron chi connectivity index (χ0n) is 18.2. The fraction of sp³-hybridized carbons (Fsp3) is 0.333. The first-order valence-electron chi connectivity index (χ1n) is 9.66. The minimum Gasteiger partial charge on any atom is -0.449 e. The first-order chi connectivity index (χ1) is 15.2. The number of nitrogens with zero attached hydrogens (tertiary/aromatic N) is 1. The number of rotatable bonds is 8. The van der Waals surface area contributed by atoms with Crippen LogP contribution in [-0.4, -0.2) is 50.2 Å². The van der Waals surface area contributed by atoms with Crippen LogP contribution in [0.2, 0.25) is 0 Å². The Balaban J connectivity index is 2.05. The predicted octanol–water partition coefficient (Wildman–Crippen LogP) is 3.80. The van der Waals surface area contributed by atoms with E-state index in [-0.39, 0.29) is 22.2 Å². The Morgan fingerprint density at radius 1 is 1.03 bits per heavy atom. The van der Waals surface area contributed by atoms with Crippen molar-refractivity contribution in [3.8, 4) is 5.75 Å². The molecule has 0 aliphatic carbocycles. The number of hydrogen-bond donors (Lipinski definition) is 1. The summed E-state index contributed by atoms with van der Waals surface area (Å²) < 4.78 is 71.9. The van der Waals surface area contributed by atoms with Gasteiger partial charge < -0.3 is 14.8 Å². The molecule has 0 aromatic heterocycles. The van der Waals surface area contributed by atoms with E-state index in [1.807, 2.05) is 0 Å². The highest BCUT2D eigenvalue weighted by Gasteiger charge is 2.31. The highest BCUT2D eigenvalue weighted by Crippen LogP contribution is 2.24. The first kappa shape index (κ1) is 26.1. The molecule has 1 amide bonds. The van der Waals surface area contributed by atoms with Crippen molar-refractivity contribution >= 4 is 27.6 Å². The van der Waals surface area contributed by atoms with Crippen molar-refractivity contribution in [2.75, 3.05) is 12.4 Å². The molecule has 1 N–H and O–H groups in total. The molecule has 0 saturated carbocycles. The molecule has 2 aromatic carbocycles. The Hall–Kier alpha value is -3.12. The summed E-state index contributed by atoms with van der Waals surface area (Å²) in [5.74, 6) is -2.12.